The first kappa shape index (κ1) is 11.0. The first-order valence-electron chi connectivity index (χ1n) is 5.16. The molecule has 0 aliphatic heterocycles. The highest BCUT2D eigenvalue weighted by Crippen LogP contribution is 2.31. The van der Waals surface area contributed by atoms with Crippen molar-refractivity contribution in [2.45, 2.75) is 25.0 Å². The number of halogens is 1. The van der Waals surface area contributed by atoms with Gasteiger partial charge in [0, 0.05) is 10.6 Å². The lowest BCUT2D eigenvalue weighted by molar-refractivity contribution is 0.100. The second kappa shape index (κ2) is 4.58. The SMILES string of the molecule is CCCSC1Cc2cc(Cl)ccc2C1=O. The van der Waals surface area contributed by atoms with Crippen LogP contribution in [0.25, 0.3) is 0 Å². The Morgan fingerprint density at radius 2 is 2.33 bits per heavy atom. The van der Waals surface area contributed by atoms with E-state index in [2.05, 4.69) is 6.92 Å². The van der Waals surface area contributed by atoms with E-state index >= 15 is 0 Å². The number of carbonyl (C=O) groups is 1. The molecule has 1 aromatic rings. The fourth-order valence-electron chi connectivity index (χ4n) is 1.83. The van der Waals surface area contributed by atoms with E-state index < -0.39 is 0 Å². The van der Waals surface area contributed by atoms with Crippen LogP contribution in [0.15, 0.2) is 18.2 Å². The minimum Gasteiger partial charge on any atom is -0.293 e. The molecule has 80 valence electrons. The Bertz CT molecular complexity index is 389. The van der Waals surface area contributed by atoms with Crippen LogP contribution in [-0.4, -0.2) is 16.8 Å². The summed E-state index contributed by atoms with van der Waals surface area (Å²) in [5.41, 5.74) is 1.98. The maximum atomic E-state index is 11.9. The number of hydrogen-bond donors (Lipinski definition) is 0. The number of benzene rings is 1. The molecular weight excluding hydrogens is 228 g/mol. The monoisotopic (exact) mass is 240 g/mol. The Balaban J connectivity index is 2.18. The number of Topliss-reactive ketones (excluding diaryl/α,β-unsaturated/α-hetero) is 1. The fourth-order valence-corrected chi connectivity index (χ4v) is 3.12. The molecule has 0 radical (unpaired) electrons. The van der Waals surface area contributed by atoms with E-state index in [1.54, 1.807) is 17.8 Å². The number of hydrogen-bond acceptors (Lipinski definition) is 2. The Kier molecular flexibility index (Phi) is 3.37. The summed E-state index contributed by atoms with van der Waals surface area (Å²) < 4.78 is 0. The van der Waals surface area contributed by atoms with E-state index in [4.69, 9.17) is 11.6 Å². The summed E-state index contributed by atoms with van der Waals surface area (Å²) in [7, 11) is 0. The standard InChI is InChI=1S/C12H13ClOS/c1-2-5-15-11-7-8-6-9(13)3-4-10(8)12(11)14/h3-4,6,11H,2,5,7H2,1H3. The molecule has 1 atom stereocenters. The summed E-state index contributed by atoms with van der Waals surface area (Å²) >= 11 is 7.67. The molecular formula is C12H13ClOS. The zero-order chi connectivity index (χ0) is 10.8. The molecule has 0 aromatic heterocycles. The molecule has 0 amide bonds. The Morgan fingerprint density at radius 3 is 3.07 bits per heavy atom. The summed E-state index contributed by atoms with van der Waals surface area (Å²) in [4.78, 5) is 11.9. The number of fused-ring (bicyclic) bond motifs is 1. The summed E-state index contributed by atoms with van der Waals surface area (Å²) in [6.07, 6.45) is 1.96. The molecule has 1 aliphatic carbocycles. The number of carbonyl (C=O) groups excluding carboxylic acids is 1. The molecule has 0 saturated heterocycles. The lowest BCUT2D eigenvalue weighted by atomic mass is 10.1. The van der Waals surface area contributed by atoms with Crippen molar-refractivity contribution >= 4 is 29.1 Å². The molecule has 0 saturated carbocycles. The van der Waals surface area contributed by atoms with Gasteiger partial charge in [0.05, 0.1) is 5.25 Å². The third-order valence-corrected chi connectivity index (χ3v) is 4.22. The Labute approximate surface area is 99.2 Å². The first-order valence-corrected chi connectivity index (χ1v) is 6.59. The third kappa shape index (κ3) is 2.21. The van der Waals surface area contributed by atoms with Gasteiger partial charge in [0.25, 0.3) is 0 Å². The second-order valence-corrected chi connectivity index (χ2v) is 5.48. The van der Waals surface area contributed by atoms with Crippen LogP contribution in [0.4, 0.5) is 0 Å². The van der Waals surface area contributed by atoms with Crippen molar-refractivity contribution in [2.24, 2.45) is 0 Å². The molecule has 1 nitrogen and oxygen atoms in total. The predicted molar refractivity (Wildman–Crippen MR) is 66.0 cm³/mol. The van der Waals surface area contributed by atoms with Crippen LogP contribution in [-0.2, 0) is 6.42 Å². The van der Waals surface area contributed by atoms with Gasteiger partial charge >= 0.3 is 0 Å². The van der Waals surface area contributed by atoms with Crippen molar-refractivity contribution < 1.29 is 4.79 Å². The predicted octanol–water partition coefficient (Wildman–Crippen LogP) is 3.59. The Hall–Kier alpha value is -0.470. The zero-order valence-electron chi connectivity index (χ0n) is 8.63. The number of rotatable bonds is 3. The zero-order valence-corrected chi connectivity index (χ0v) is 10.2. The van der Waals surface area contributed by atoms with Crippen molar-refractivity contribution in [3.8, 4) is 0 Å². The van der Waals surface area contributed by atoms with E-state index in [0.29, 0.717) is 0 Å². The molecule has 1 unspecified atom stereocenters. The van der Waals surface area contributed by atoms with Crippen LogP contribution >= 0.6 is 23.4 Å². The highest BCUT2D eigenvalue weighted by Gasteiger charge is 2.30. The smallest absolute Gasteiger partial charge is 0.176 e. The average molecular weight is 241 g/mol. The van der Waals surface area contributed by atoms with Gasteiger partial charge in [-0.05, 0) is 42.4 Å². The highest BCUT2D eigenvalue weighted by atomic mass is 35.5. The van der Waals surface area contributed by atoms with Crippen molar-refractivity contribution in [1.29, 1.82) is 0 Å². The largest absolute Gasteiger partial charge is 0.293 e. The van der Waals surface area contributed by atoms with E-state index in [9.17, 15) is 4.79 Å². The van der Waals surface area contributed by atoms with Crippen LogP contribution in [0.1, 0.15) is 29.3 Å². The van der Waals surface area contributed by atoms with Gasteiger partial charge in [0.15, 0.2) is 5.78 Å². The van der Waals surface area contributed by atoms with Gasteiger partial charge in [0.1, 0.15) is 0 Å². The topological polar surface area (TPSA) is 17.1 Å². The molecule has 3 heteroatoms. The lowest BCUT2D eigenvalue weighted by Gasteiger charge is -2.05. The molecule has 0 fully saturated rings. The summed E-state index contributed by atoms with van der Waals surface area (Å²) in [6.45, 7) is 2.14. The van der Waals surface area contributed by atoms with Crippen molar-refractivity contribution in [1.82, 2.24) is 0 Å². The van der Waals surface area contributed by atoms with E-state index in [-0.39, 0.29) is 11.0 Å². The van der Waals surface area contributed by atoms with Gasteiger partial charge in [-0.2, -0.15) is 0 Å². The third-order valence-electron chi connectivity index (χ3n) is 2.55. The lowest BCUT2D eigenvalue weighted by Crippen LogP contribution is -2.11. The molecule has 1 aliphatic rings. The fraction of sp³-hybridized carbons (Fsp3) is 0.417. The molecule has 2 rings (SSSR count). The first-order chi connectivity index (χ1) is 7.22. The molecule has 0 N–H and O–H groups in total. The summed E-state index contributed by atoms with van der Waals surface area (Å²) in [5.74, 6) is 1.33. The molecule has 0 heterocycles. The normalized spacial score (nSPS) is 19.3. The van der Waals surface area contributed by atoms with Gasteiger partial charge < -0.3 is 0 Å². The van der Waals surface area contributed by atoms with Crippen molar-refractivity contribution in [2.75, 3.05) is 5.75 Å². The second-order valence-electron chi connectivity index (χ2n) is 3.73. The van der Waals surface area contributed by atoms with Gasteiger partial charge in [-0.1, -0.05) is 18.5 Å². The van der Waals surface area contributed by atoms with Crippen molar-refractivity contribution in [3.63, 3.8) is 0 Å². The maximum Gasteiger partial charge on any atom is 0.176 e. The molecule has 1 aromatic carbocycles. The quantitative estimate of drug-likeness (QED) is 0.803. The number of ketones is 1. The molecule has 0 bridgehead atoms. The van der Waals surface area contributed by atoms with Crippen molar-refractivity contribution in [3.05, 3.63) is 34.3 Å². The number of thioether (sulfide) groups is 1. The minimum absolute atomic E-state index is 0.124. The summed E-state index contributed by atoms with van der Waals surface area (Å²) in [6, 6.07) is 5.57. The highest BCUT2D eigenvalue weighted by molar-refractivity contribution is 8.00. The molecule has 0 spiro atoms. The average Bonchev–Trinajstić information content (AvgIpc) is 2.52. The van der Waals surface area contributed by atoms with Crippen LogP contribution in [0.2, 0.25) is 5.02 Å². The minimum atomic E-state index is 0.124. The van der Waals surface area contributed by atoms with Gasteiger partial charge in [-0.25, -0.2) is 0 Å². The van der Waals surface area contributed by atoms with Crippen LogP contribution in [0.5, 0.6) is 0 Å². The van der Waals surface area contributed by atoms with E-state index in [1.165, 1.54) is 0 Å². The molecule has 15 heavy (non-hydrogen) atoms. The van der Waals surface area contributed by atoms with Gasteiger partial charge in [0.2, 0.25) is 0 Å². The maximum absolute atomic E-state index is 11.9. The van der Waals surface area contributed by atoms with Crippen LogP contribution < -0.4 is 0 Å². The van der Waals surface area contributed by atoms with E-state index in [1.807, 2.05) is 12.1 Å². The van der Waals surface area contributed by atoms with Gasteiger partial charge in [-0.3, -0.25) is 4.79 Å². The Morgan fingerprint density at radius 1 is 1.53 bits per heavy atom. The van der Waals surface area contributed by atoms with Crippen LogP contribution in [0, 0.1) is 0 Å². The van der Waals surface area contributed by atoms with Crippen LogP contribution in [0.3, 0.4) is 0 Å². The van der Waals surface area contributed by atoms with E-state index in [0.717, 1.165) is 34.7 Å². The summed E-state index contributed by atoms with van der Waals surface area (Å²) in [5, 5.41) is 0.848. The van der Waals surface area contributed by atoms with Gasteiger partial charge in [-0.15, -0.1) is 11.8 Å².